The van der Waals surface area contributed by atoms with Gasteiger partial charge in [0, 0.05) is 5.92 Å². The van der Waals surface area contributed by atoms with Gasteiger partial charge in [0.15, 0.2) is 0 Å². The van der Waals surface area contributed by atoms with E-state index in [1.807, 2.05) is 30.3 Å². The number of hydrogen-bond donors (Lipinski definition) is 2. The summed E-state index contributed by atoms with van der Waals surface area (Å²) in [5.41, 5.74) is 0.935. The third kappa shape index (κ3) is 4.17. The summed E-state index contributed by atoms with van der Waals surface area (Å²) in [6.07, 6.45) is 3.76. The van der Waals surface area contributed by atoms with Crippen LogP contribution in [0.4, 0.5) is 0 Å². The number of methoxy groups -OCH3 is 1. The molecule has 3 heteroatoms. The molecule has 3 nitrogen and oxygen atoms in total. The molecule has 100 valence electrons. The van der Waals surface area contributed by atoms with Gasteiger partial charge in [0.05, 0.1) is 19.8 Å². The van der Waals surface area contributed by atoms with Crippen molar-refractivity contribution in [1.82, 2.24) is 0 Å². The molecule has 2 N–H and O–H groups in total. The lowest BCUT2D eigenvalue weighted by Gasteiger charge is -2.21. The van der Waals surface area contributed by atoms with Gasteiger partial charge in [-0.25, -0.2) is 0 Å². The van der Waals surface area contributed by atoms with E-state index in [-0.39, 0.29) is 12.5 Å². The number of benzene rings is 1. The third-order valence-corrected chi connectivity index (χ3v) is 3.11. The van der Waals surface area contributed by atoms with Gasteiger partial charge in [-0.05, 0) is 37.0 Å². The Bertz CT molecular complexity index is 345. The first-order valence-corrected chi connectivity index (χ1v) is 6.26. The maximum absolute atomic E-state index is 10.1. The summed E-state index contributed by atoms with van der Waals surface area (Å²) in [5.74, 6) is 0.539. The summed E-state index contributed by atoms with van der Waals surface area (Å²) in [5, 5.41) is 19.5. The zero-order valence-electron chi connectivity index (χ0n) is 10.9. The van der Waals surface area contributed by atoms with Crippen LogP contribution in [0.25, 0.3) is 0 Å². The SMILES string of the molecule is C=CCCC[C@H](O)[C@@H](CO)c1ccc(OC)cc1. The lowest BCUT2D eigenvalue weighted by molar-refractivity contribution is 0.0974. The number of allylic oxidation sites excluding steroid dienone is 1. The number of aliphatic hydroxyl groups is 2. The first-order valence-electron chi connectivity index (χ1n) is 6.26. The number of unbranched alkanes of at least 4 members (excludes halogenated alkanes) is 1. The van der Waals surface area contributed by atoms with Crippen LogP contribution in [-0.2, 0) is 0 Å². The van der Waals surface area contributed by atoms with Crippen molar-refractivity contribution in [3.05, 3.63) is 42.5 Å². The van der Waals surface area contributed by atoms with Gasteiger partial charge in [0.25, 0.3) is 0 Å². The maximum atomic E-state index is 10.1. The highest BCUT2D eigenvalue weighted by molar-refractivity contribution is 5.30. The van der Waals surface area contributed by atoms with Crippen LogP contribution in [0, 0.1) is 0 Å². The van der Waals surface area contributed by atoms with Crippen molar-refractivity contribution in [2.24, 2.45) is 0 Å². The molecule has 0 spiro atoms. The Kier molecular flexibility index (Phi) is 6.47. The van der Waals surface area contributed by atoms with Gasteiger partial charge < -0.3 is 14.9 Å². The van der Waals surface area contributed by atoms with E-state index in [9.17, 15) is 10.2 Å². The van der Waals surface area contributed by atoms with E-state index >= 15 is 0 Å². The van der Waals surface area contributed by atoms with Gasteiger partial charge in [-0.1, -0.05) is 18.2 Å². The summed E-state index contributed by atoms with van der Waals surface area (Å²) in [4.78, 5) is 0. The Labute approximate surface area is 109 Å². The average molecular weight is 250 g/mol. The van der Waals surface area contributed by atoms with Crippen molar-refractivity contribution in [3.63, 3.8) is 0 Å². The van der Waals surface area contributed by atoms with Crippen LogP contribution < -0.4 is 4.74 Å². The quantitative estimate of drug-likeness (QED) is 0.550. The highest BCUT2D eigenvalue weighted by Crippen LogP contribution is 2.24. The second kappa shape index (κ2) is 7.90. The van der Waals surface area contributed by atoms with Crippen molar-refractivity contribution in [1.29, 1.82) is 0 Å². The topological polar surface area (TPSA) is 49.7 Å². The summed E-state index contributed by atoms with van der Waals surface area (Å²) >= 11 is 0. The minimum absolute atomic E-state index is 0.0540. The van der Waals surface area contributed by atoms with Gasteiger partial charge in [0.1, 0.15) is 5.75 Å². The van der Waals surface area contributed by atoms with Crippen LogP contribution >= 0.6 is 0 Å². The van der Waals surface area contributed by atoms with Crippen LogP contribution in [0.5, 0.6) is 5.75 Å². The molecular formula is C15H22O3. The molecule has 0 unspecified atom stereocenters. The molecular weight excluding hydrogens is 228 g/mol. The minimum Gasteiger partial charge on any atom is -0.497 e. The normalized spacial score (nSPS) is 13.9. The largest absolute Gasteiger partial charge is 0.497 e. The van der Waals surface area contributed by atoms with Gasteiger partial charge in [-0.3, -0.25) is 0 Å². The van der Waals surface area contributed by atoms with Crippen LogP contribution in [0.1, 0.15) is 30.7 Å². The third-order valence-electron chi connectivity index (χ3n) is 3.11. The van der Waals surface area contributed by atoms with E-state index in [2.05, 4.69) is 6.58 Å². The number of ether oxygens (including phenoxy) is 1. The fourth-order valence-electron chi connectivity index (χ4n) is 1.97. The summed E-state index contributed by atoms with van der Waals surface area (Å²) < 4.78 is 5.09. The standard InChI is InChI=1S/C15H22O3/c1-3-4-5-6-15(17)14(11-16)12-7-9-13(18-2)10-8-12/h3,7-10,14-17H,1,4-6,11H2,2H3/t14-,15-/m0/s1. The highest BCUT2D eigenvalue weighted by Gasteiger charge is 2.19. The Morgan fingerprint density at radius 2 is 2.00 bits per heavy atom. The van der Waals surface area contributed by atoms with Gasteiger partial charge in [-0.15, -0.1) is 6.58 Å². The molecule has 0 aliphatic heterocycles. The molecule has 1 aromatic carbocycles. The lowest BCUT2D eigenvalue weighted by Crippen LogP contribution is -2.21. The molecule has 0 amide bonds. The van der Waals surface area contributed by atoms with E-state index in [1.165, 1.54) is 0 Å². The van der Waals surface area contributed by atoms with E-state index in [4.69, 9.17) is 4.74 Å². The molecule has 0 saturated heterocycles. The zero-order valence-corrected chi connectivity index (χ0v) is 10.9. The van der Waals surface area contributed by atoms with Crippen LogP contribution in [-0.4, -0.2) is 30.0 Å². The molecule has 0 bridgehead atoms. The predicted molar refractivity (Wildman–Crippen MR) is 72.9 cm³/mol. The Balaban J connectivity index is 2.65. The fraction of sp³-hybridized carbons (Fsp3) is 0.467. The van der Waals surface area contributed by atoms with Gasteiger partial charge in [0.2, 0.25) is 0 Å². The zero-order chi connectivity index (χ0) is 13.4. The van der Waals surface area contributed by atoms with E-state index in [1.54, 1.807) is 7.11 Å². The predicted octanol–water partition coefficient (Wildman–Crippen LogP) is 2.49. The van der Waals surface area contributed by atoms with E-state index in [0.717, 1.165) is 24.2 Å². The molecule has 0 aliphatic carbocycles. The first-order chi connectivity index (χ1) is 8.72. The molecule has 0 radical (unpaired) electrons. The molecule has 18 heavy (non-hydrogen) atoms. The van der Waals surface area contributed by atoms with Gasteiger partial charge in [-0.2, -0.15) is 0 Å². The molecule has 0 fully saturated rings. The number of aliphatic hydroxyl groups excluding tert-OH is 2. The van der Waals surface area contributed by atoms with Crippen molar-refractivity contribution >= 4 is 0 Å². The molecule has 1 aromatic rings. The molecule has 0 aliphatic rings. The van der Waals surface area contributed by atoms with Crippen molar-refractivity contribution < 1.29 is 14.9 Å². The molecule has 0 saturated carbocycles. The van der Waals surface area contributed by atoms with Crippen LogP contribution in [0.2, 0.25) is 0 Å². The molecule has 0 heterocycles. The molecule has 0 aromatic heterocycles. The first kappa shape index (κ1) is 14.7. The van der Waals surface area contributed by atoms with Crippen molar-refractivity contribution in [3.8, 4) is 5.75 Å². The monoisotopic (exact) mass is 250 g/mol. The second-order valence-corrected chi connectivity index (χ2v) is 4.35. The smallest absolute Gasteiger partial charge is 0.118 e. The minimum atomic E-state index is -0.525. The number of rotatable bonds is 8. The maximum Gasteiger partial charge on any atom is 0.118 e. The van der Waals surface area contributed by atoms with Crippen molar-refractivity contribution in [2.75, 3.05) is 13.7 Å². The summed E-state index contributed by atoms with van der Waals surface area (Å²) in [7, 11) is 1.61. The lowest BCUT2D eigenvalue weighted by atomic mass is 9.91. The summed E-state index contributed by atoms with van der Waals surface area (Å²) in [6.45, 7) is 3.60. The fourth-order valence-corrected chi connectivity index (χ4v) is 1.97. The van der Waals surface area contributed by atoms with Crippen LogP contribution in [0.15, 0.2) is 36.9 Å². The Hall–Kier alpha value is -1.32. The van der Waals surface area contributed by atoms with Gasteiger partial charge >= 0.3 is 0 Å². The average Bonchev–Trinajstić information content (AvgIpc) is 2.41. The highest BCUT2D eigenvalue weighted by atomic mass is 16.5. The van der Waals surface area contributed by atoms with Crippen LogP contribution in [0.3, 0.4) is 0 Å². The molecule has 2 atom stereocenters. The second-order valence-electron chi connectivity index (χ2n) is 4.35. The molecule has 1 rings (SSSR count). The Morgan fingerprint density at radius 1 is 1.33 bits per heavy atom. The Morgan fingerprint density at radius 3 is 2.50 bits per heavy atom. The summed E-state index contributed by atoms with van der Waals surface area (Å²) in [6, 6.07) is 7.45. The van der Waals surface area contributed by atoms with Crippen molar-refractivity contribution in [2.45, 2.75) is 31.3 Å². The number of hydrogen-bond acceptors (Lipinski definition) is 3. The van der Waals surface area contributed by atoms with E-state index < -0.39 is 6.10 Å². The van der Waals surface area contributed by atoms with E-state index in [0.29, 0.717) is 6.42 Å².